The van der Waals surface area contributed by atoms with Crippen LogP contribution in [-0.4, -0.2) is 33.3 Å². The van der Waals surface area contributed by atoms with Gasteiger partial charge in [0.25, 0.3) is 0 Å². The number of aromatic nitrogens is 2. The predicted molar refractivity (Wildman–Crippen MR) is 127 cm³/mol. The highest BCUT2D eigenvalue weighted by atomic mass is 35.5. The summed E-state index contributed by atoms with van der Waals surface area (Å²) in [5.74, 6) is 0.244. The molecule has 0 atom stereocenters. The first-order chi connectivity index (χ1) is 16.8. The molecule has 1 fully saturated rings. The van der Waals surface area contributed by atoms with Gasteiger partial charge in [-0.2, -0.15) is 0 Å². The normalized spacial score (nSPS) is 17.0. The van der Waals surface area contributed by atoms with Crippen molar-refractivity contribution >= 4 is 28.5 Å². The van der Waals surface area contributed by atoms with Crippen LogP contribution in [0.25, 0.3) is 11.0 Å². The van der Waals surface area contributed by atoms with Crippen LogP contribution in [0.4, 0.5) is 13.2 Å². The summed E-state index contributed by atoms with van der Waals surface area (Å²) in [6.45, 7) is 1.56. The van der Waals surface area contributed by atoms with Crippen molar-refractivity contribution in [2.24, 2.45) is 5.92 Å². The van der Waals surface area contributed by atoms with E-state index >= 15 is 0 Å². The monoisotopic (exact) mass is 505 g/mol. The van der Waals surface area contributed by atoms with Gasteiger partial charge >= 0.3 is 6.36 Å². The molecule has 1 aliphatic carbocycles. The molecule has 0 radical (unpaired) electrons. The lowest BCUT2D eigenvalue weighted by molar-refractivity contribution is -0.274. The second-order valence-corrected chi connectivity index (χ2v) is 9.88. The Bertz CT molecular complexity index is 1230. The SMILES string of the molecule is O=C(CC1CCCCC1)N1CCc2c(n(Cc3ccc(OC(F)(F)F)c(Cl)c3)c3ncccc23)C1. The van der Waals surface area contributed by atoms with Crippen LogP contribution in [-0.2, 0) is 24.3 Å². The van der Waals surface area contributed by atoms with Gasteiger partial charge in [-0.25, -0.2) is 4.98 Å². The van der Waals surface area contributed by atoms with Crippen molar-refractivity contribution in [1.29, 1.82) is 0 Å². The summed E-state index contributed by atoms with van der Waals surface area (Å²) in [6.07, 6.45) is 4.20. The van der Waals surface area contributed by atoms with Crippen molar-refractivity contribution in [3.63, 3.8) is 0 Å². The minimum absolute atomic E-state index is 0.109. The highest BCUT2D eigenvalue weighted by Crippen LogP contribution is 2.34. The zero-order valence-electron chi connectivity index (χ0n) is 19.3. The summed E-state index contributed by atoms with van der Waals surface area (Å²) < 4.78 is 43.9. The Balaban J connectivity index is 1.41. The Hall–Kier alpha value is -2.74. The maximum absolute atomic E-state index is 13.1. The first-order valence-corrected chi connectivity index (χ1v) is 12.4. The van der Waals surface area contributed by atoms with Gasteiger partial charge in [0.05, 0.1) is 11.6 Å². The molecule has 35 heavy (non-hydrogen) atoms. The Kier molecular flexibility index (Phi) is 6.66. The molecular formula is C26H27ClF3N3O2. The molecule has 1 saturated carbocycles. The van der Waals surface area contributed by atoms with Crippen molar-refractivity contribution < 1.29 is 22.7 Å². The fraction of sp³-hybridized carbons (Fsp3) is 0.462. The molecule has 5 nitrogen and oxygen atoms in total. The number of pyridine rings is 1. The van der Waals surface area contributed by atoms with Crippen LogP contribution >= 0.6 is 11.6 Å². The van der Waals surface area contributed by atoms with Crippen LogP contribution in [0.15, 0.2) is 36.5 Å². The van der Waals surface area contributed by atoms with Gasteiger partial charge in [0.2, 0.25) is 5.91 Å². The van der Waals surface area contributed by atoms with E-state index in [-0.39, 0.29) is 10.9 Å². The molecule has 186 valence electrons. The summed E-state index contributed by atoms with van der Waals surface area (Å²) in [6, 6.07) is 8.22. The van der Waals surface area contributed by atoms with E-state index in [1.807, 2.05) is 17.0 Å². The largest absolute Gasteiger partial charge is 0.573 e. The fourth-order valence-electron chi connectivity index (χ4n) is 5.44. The second-order valence-electron chi connectivity index (χ2n) is 9.47. The number of alkyl halides is 3. The number of carbonyl (C=O) groups excluding carboxylic acids is 1. The first-order valence-electron chi connectivity index (χ1n) is 12.1. The molecule has 2 aromatic heterocycles. The number of amides is 1. The standard InChI is InChI=1S/C26H27ClF3N3O2/c27-21-13-18(8-9-23(21)35-26(28,29)30)15-33-22-16-32(24(34)14-17-5-2-1-3-6-17)12-10-19(22)20-7-4-11-31-25(20)33/h4,7-9,11,13,17H,1-3,5-6,10,12,14-16H2. The quantitative estimate of drug-likeness (QED) is 0.398. The lowest BCUT2D eigenvalue weighted by Gasteiger charge is -2.31. The van der Waals surface area contributed by atoms with Crippen LogP contribution in [0, 0.1) is 5.92 Å². The van der Waals surface area contributed by atoms with Crippen molar-refractivity contribution in [3.05, 3.63) is 58.4 Å². The first kappa shape index (κ1) is 24.0. The molecule has 1 aromatic carbocycles. The lowest BCUT2D eigenvalue weighted by atomic mass is 9.86. The van der Waals surface area contributed by atoms with Gasteiger partial charge in [-0.1, -0.05) is 36.9 Å². The second kappa shape index (κ2) is 9.72. The van der Waals surface area contributed by atoms with E-state index in [4.69, 9.17) is 11.6 Å². The summed E-state index contributed by atoms with van der Waals surface area (Å²) in [7, 11) is 0. The molecule has 0 saturated heterocycles. The lowest BCUT2D eigenvalue weighted by Crippen LogP contribution is -2.37. The third kappa shape index (κ3) is 5.27. The van der Waals surface area contributed by atoms with Crippen molar-refractivity contribution in [1.82, 2.24) is 14.5 Å². The fourth-order valence-corrected chi connectivity index (χ4v) is 5.69. The highest BCUT2D eigenvalue weighted by Gasteiger charge is 2.32. The number of carbonyl (C=O) groups is 1. The number of rotatable bonds is 5. The average molecular weight is 506 g/mol. The molecule has 1 aliphatic heterocycles. The van der Waals surface area contributed by atoms with Gasteiger partial charge in [-0.3, -0.25) is 4.79 Å². The Morgan fingerprint density at radius 3 is 2.71 bits per heavy atom. The number of benzene rings is 1. The minimum atomic E-state index is -4.81. The number of hydrogen-bond acceptors (Lipinski definition) is 3. The van der Waals surface area contributed by atoms with Crippen LogP contribution in [0.3, 0.4) is 0 Å². The van der Waals surface area contributed by atoms with E-state index in [2.05, 4.69) is 14.3 Å². The molecule has 3 aromatic rings. The third-order valence-corrected chi connectivity index (χ3v) is 7.41. The van der Waals surface area contributed by atoms with Gasteiger partial charge < -0.3 is 14.2 Å². The predicted octanol–water partition coefficient (Wildman–Crippen LogP) is 6.49. The smallest absolute Gasteiger partial charge is 0.404 e. The highest BCUT2D eigenvalue weighted by molar-refractivity contribution is 6.32. The Labute approximate surface area is 206 Å². The number of hydrogen-bond donors (Lipinski definition) is 0. The van der Waals surface area contributed by atoms with Crippen LogP contribution in [0.5, 0.6) is 5.75 Å². The van der Waals surface area contributed by atoms with E-state index < -0.39 is 12.1 Å². The van der Waals surface area contributed by atoms with Crippen LogP contribution in [0.2, 0.25) is 5.02 Å². The zero-order valence-corrected chi connectivity index (χ0v) is 20.0. The van der Waals surface area contributed by atoms with Crippen LogP contribution in [0.1, 0.15) is 55.3 Å². The number of fused-ring (bicyclic) bond motifs is 3. The number of nitrogens with zero attached hydrogens (tertiary/aromatic N) is 3. The summed E-state index contributed by atoms with van der Waals surface area (Å²) in [5.41, 5.74) is 3.72. The molecular weight excluding hydrogens is 479 g/mol. The zero-order chi connectivity index (χ0) is 24.6. The van der Waals surface area contributed by atoms with E-state index in [0.717, 1.165) is 41.6 Å². The van der Waals surface area contributed by atoms with Gasteiger partial charge in [0.15, 0.2) is 0 Å². The van der Waals surface area contributed by atoms with Gasteiger partial charge in [-0.15, -0.1) is 13.2 Å². The molecule has 0 N–H and O–H groups in total. The number of halogens is 4. The van der Waals surface area contributed by atoms with Crippen molar-refractivity contribution in [2.75, 3.05) is 6.54 Å². The van der Waals surface area contributed by atoms with Gasteiger partial charge in [0.1, 0.15) is 11.4 Å². The molecule has 3 heterocycles. The van der Waals surface area contributed by atoms with Crippen LogP contribution < -0.4 is 4.74 Å². The minimum Gasteiger partial charge on any atom is -0.404 e. The summed E-state index contributed by atoms with van der Waals surface area (Å²) >= 11 is 6.09. The molecule has 9 heteroatoms. The Morgan fingerprint density at radius 1 is 1.17 bits per heavy atom. The van der Waals surface area contributed by atoms with Gasteiger partial charge in [0, 0.05) is 36.8 Å². The maximum Gasteiger partial charge on any atom is 0.573 e. The van der Waals surface area contributed by atoms with E-state index in [9.17, 15) is 18.0 Å². The molecule has 0 spiro atoms. The Morgan fingerprint density at radius 2 is 1.97 bits per heavy atom. The third-order valence-electron chi connectivity index (χ3n) is 7.12. The van der Waals surface area contributed by atoms with E-state index in [1.165, 1.54) is 37.0 Å². The van der Waals surface area contributed by atoms with E-state index in [0.29, 0.717) is 32.0 Å². The number of ether oxygens (including phenoxy) is 1. The van der Waals surface area contributed by atoms with Crippen molar-refractivity contribution in [3.8, 4) is 5.75 Å². The average Bonchev–Trinajstić information content (AvgIpc) is 3.14. The summed E-state index contributed by atoms with van der Waals surface area (Å²) in [4.78, 5) is 19.7. The molecule has 2 aliphatic rings. The molecule has 0 unspecified atom stereocenters. The summed E-state index contributed by atoms with van der Waals surface area (Å²) in [5, 5.41) is 0.937. The van der Waals surface area contributed by atoms with Gasteiger partial charge in [-0.05, 0) is 60.6 Å². The topological polar surface area (TPSA) is 47.4 Å². The molecule has 1 amide bonds. The maximum atomic E-state index is 13.1. The molecule has 5 rings (SSSR count). The molecule has 0 bridgehead atoms. The van der Waals surface area contributed by atoms with Crippen molar-refractivity contribution in [2.45, 2.75) is 64.4 Å². The van der Waals surface area contributed by atoms with E-state index in [1.54, 1.807) is 12.3 Å².